The summed E-state index contributed by atoms with van der Waals surface area (Å²) in [6.07, 6.45) is 0. The fraction of sp³-hybridized carbons (Fsp3) is 1.00. The van der Waals surface area contributed by atoms with Gasteiger partial charge in [0.15, 0.2) is 0 Å². The van der Waals surface area contributed by atoms with Gasteiger partial charge >= 0.3 is 29.6 Å². The van der Waals surface area contributed by atoms with Crippen molar-refractivity contribution in [3.63, 3.8) is 0 Å². The predicted octanol–water partition coefficient (Wildman–Crippen LogP) is -1.74. The maximum atomic E-state index is 4.90. The third-order valence-electron chi connectivity index (χ3n) is 0.167. The molecule has 3 heteroatoms. The summed E-state index contributed by atoms with van der Waals surface area (Å²) in [5.74, 6) is 0. The second-order valence-electron chi connectivity index (χ2n) is 0.577. The first kappa shape index (κ1) is 9.33. The Kier molecular flexibility index (Phi) is 16.5. The van der Waals surface area contributed by atoms with Crippen molar-refractivity contribution in [2.75, 3.05) is 13.1 Å². The molecule has 0 aliphatic heterocycles. The zero-order valence-corrected chi connectivity index (χ0v) is 2.57. The molecule has 0 rings (SSSR count). The maximum absolute atomic E-state index is 4.90. The molecule has 0 amide bonds. The van der Waals surface area contributed by atoms with Gasteiger partial charge in [-0.15, -0.1) is 0 Å². The Hall–Kier alpha value is 0.920. The van der Waals surface area contributed by atoms with Gasteiger partial charge in [0.1, 0.15) is 0 Å². The van der Waals surface area contributed by atoms with Crippen LogP contribution < -0.4 is 11.5 Å². The topological polar surface area (TPSA) is 52.0 Å². The summed E-state index contributed by atoms with van der Waals surface area (Å²) in [5.41, 5.74) is 9.81. The molecule has 0 radical (unpaired) electrons. The van der Waals surface area contributed by atoms with Gasteiger partial charge in [-0.1, -0.05) is 0 Å². The van der Waals surface area contributed by atoms with Gasteiger partial charge in [-0.25, -0.2) is 0 Å². The van der Waals surface area contributed by atoms with E-state index in [0.717, 1.165) is 0 Å². The Morgan fingerprint density at radius 2 is 1.20 bits per heavy atom. The molecule has 0 saturated heterocycles. The molecule has 0 saturated carbocycles. The molecule has 0 unspecified atom stereocenters. The molecule has 0 atom stereocenters. The van der Waals surface area contributed by atoms with Gasteiger partial charge < -0.3 is 11.5 Å². The van der Waals surface area contributed by atoms with E-state index in [1.54, 1.807) is 0 Å². The van der Waals surface area contributed by atoms with Crippen LogP contribution in [0.4, 0.5) is 0 Å². The molecular formula is C2H9N2Na. The summed E-state index contributed by atoms with van der Waals surface area (Å²) < 4.78 is 0. The fourth-order valence-corrected chi connectivity index (χ4v) is 0. The van der Waals surface area contributed by atoms with Crippen LogP contribution in [0.3, 0.4) is 0 Å². The second kappa shape index (κ2) is 8.87. The average molecular weight is 84.1 g/mol. The van der Waals surface area contributed by atoms with E-state index in [-0.39, 0.29) is 29.6 Å². The van der Waals surface area contributed by atoms with Crippen molar-refractivity contribution in [2.24, 2.45) is 11.5 Å². The Morgan fingerprint density at radius 1 is 1.00 bits per heavy atom. The molecule has 2 nitrogen and oxygen atoms in total. The van der Waals surface area contributed by atoms with E-state index >= 15 is 0 Å². The fourth-order valence-electron chi connectivity index (χ4n) is 0. The summed E-state index contributed by atoms with van der Waals surface area (Å²) >= 11 is 0. The Morgan fingerprint density at radius 3 is 1.20 bits per heavy atom. The van der Waals surface area contributed by atoms with Crippen molar-refractivity contribution in [3.8, 4) is 0 Å². The molecule has 0 aliphatic carbocycles. The molecule has 0 fully saturated rings. The third kappa shape index (κ3) is 11.4. The zero-order chi connectivity index (χ0) is 3.41. The van der Waals surface area contributed by atoms with Crippen molar-refractivity contribution in [1.82, 2.24) is 0 Å². The molecule has 5 heavy (non-hydrogen) atoms. The van der Waals surface area contributed by atoms with Gasteiger partial charge in [0.2, 0.25) is 0 Å². The normalized spacial score (nSPS) is 6.00. The van der Waals surface area contributed by atoms with Gasteiger partial charge in [-0.05, 0) is 0 Å². The molecule has 0 bridgehead atoms. The van der Waals surface area contributed by atoms with Crippen LogP contribution in [0, 0.1) is 0 Å². The van der Waals surface area contributed by atoms with Crippen LogP contribution in [0.15, 0.2) is 0 Å². The van der Waals surface area contributed by atoms with Crippen LogP contribution in [-0.2, 0) is 0 Å². The van der Waals surface area contributed by atoms with Crippen LogP contribution >= 0.6 is 0 Å². The first-order valence-electron chi connectivity index (χ1n) is 1.32. The molecule has 0 aromatic rings. The molecule has 0 aromatic carbocycles. The van der Waals surface area contributed by atoms with Crippen LogP contribution in [0.2, 0.25) is 0 Å². The molecular weight excluding hydrogens is 75.0 g/mol. The van der Waals surface area contributed by atoms with Crippen LogP contribution in [0.5, 0.6) is 0 Å². The van der Waals surface area contributed by atoms with Crippen LogP contribution in [-0.4, -0.2) is 42.6 Å². The van der Waals surface area contributed by atoms with Gasteiger partial charge in [-0.2, -0.15) is 0 Å². The van der Waals surface area contributed by atoms with E-state index in [1.807, 2.05) is 0 Å². The Labute approximate surface area is 54.2 Å². The number of hydrogen-bond donors (Lipinski definition) is 2. The molecule has 28 valence electrons. The average Bonchev–Trinajstić information content (AvgIpc) is 1.37. The SMILES string of the molecule is NCCN.[NaH]. The molecule has 0 aliphatic rings. The third-order valence-corrected chi connectivity index (χ3v) is 0.167. The van der Waals surface area contributed by atoms with Gasteiger partial charge in [0.25, 0.3) is 0 Å². The van der Waals surface area contributed by atoms with Crippen LogP contribution in [0.25, 0.3) is 0 Å². The molecule has 4 N–H and O–H groups in total. The van der Waals surface area contributed by atoms with Crippen molar-refractivity contribution in [2.45, 2.75) is 0 Å². The zero-order valence-electron chi connectivity index (χ0n) is 2.57. The van der Waals surface area contributed by atoms with E-state index in [4.69, 9.17) is 11.5 Å². The van der Waals surface area contributed by atoms with Crippen molar-refractivity contribution < 1.29 is 0 Å². The quantitative estimate of drug-likeness (QED) is 0.370. The summed E-state index contributed by atoms with van der Waals surface area (Å²) in [4.78, 5) is 0. The standard InChI is InChI=1S/C2H8N2.Na.H/c3-1-2-4;;/h1-4H2;;. The number of rotatable bonds is 1. The minimum absolute atomic E-state index is 0. The van der Waals surface area contributed by atoms with E-state index < -0.39 is 0 Å². The van der Waals surface area contributed by atoms with Gasteiger partial charge in [0.05, 0.1) is 0 Å². The first-order valence-corrected chi connectivity index (χ1v) is 1.32. The van der Waals surface area contributed by atoms with E-state index in [0.29, 0.717) is 13.1 Å². The summed E-state index contributed by atoms with van der Waals surface area (Å²) in [7, 11) is 0. The van der Waals surface area contributed by atoms with Crippen molar-refractivity contribution >= 4 is 29.6 Å². The number of hydrogen-bond acceptors (Lipinski definition) is 2. The molecule has 0 aromatic heterocycles. The number of nitrogens with two attached hydrogens (primary N) is 2. The summed E-state index contributed by atoms with van der Waals surface area (Å²) in [6, 6.07) is 0. The van der Waals surface area contributed by atoms with Crippen molar-refractivity contribution in [3.05, 3.63) is 0 Å². The van der Waals surface area contributed by atoms with E-state index in [9.17, 15) is 0 Å². The summed E-state index contributed by atoms with van der Waals surface area (Å²) in [6.45, 7) is 1.19. The van der Waals surface area contributed by atoms with E-state index in [2.05, 4.69) is 0 Å². The minimum atomic E-state index is 0. The predicted molar refractivity (Wildman–Crippen MR) is 25.3 cm³/mol. The second-order valence-corrected chi connectivity index (χ2v) is 0.577. The summed E-state index contributed by atoms with van der Waals surface area (Å²) in [5, 5.41) is 0. The van der Waals surface area contributed by atoms with E-state index in [1.165, 1.54) is 0 Å². The van der Waals surface area contributed by atoms with Gasteiger partial charge in [-0.3, -0.25) is 0 Å². The van der Waals surface area contributed by atoms with Crippen molar-refractivity contribution in [1.29, 1.82) is 0 Å². The molecule has 0 spiro atoms. The Bertz CT molecular complexity index is 9.61. The monoisotopic (exact) mass is 84.1 g/mol. The Balaban J connectivity index is 0. The van der Waals surface area contributed by atoms with Crippen LogP contribution in [0.1, 0.15) is 0 Å². The van der Waals surface area contributed by atoms with Gasteiger partial charge in [0, 0.05) is 13.1 Å². The molecule has 0 heterocycles. The first-order chi connectivity index (χ1) is 1.91.